The number of benzene rings is 2. The van der Waals surface area contributed by atoms with Crippen LogP contribution < -0.4 is 5.32 Å². The Labute approximate surface area is 164 Å². The van der Waals surface area contributed by atoms with Crippen LogP contribution in [0.5, 0.6) is 0 Å². The minimum atomic E-state index is -0.0338. The molecule has 0 saturated carbocycles. The number of likely N-dealkylation sites (tertiary alicyclic amines) is 1. The quantitative estimate of drug-likeness (QED) is 0.731. The van der Waals surface area contributed by atoms with Crippen molar-refractivity contribution < 1.29 is 9.32 Å². The molecular weight excluding hydrogens is 352 g/mol. The Balaban J connectivity index is 1.36. The monoisotopic (exact) mass is 376 g/mol. The lowest BCUT2D eigenvalue weighted by Gasteiger charge is -2.30. The highest BCUT2D eigenvalue weighted by Crippen LogP contribution is 2.21. The third-order valence-corrected chi connectivity index (χ3v) is 5.05. The number of carbonyl (C=O) groups excluding carboxylic acids is 1. The zero-order chi connectivity index (χ0) is 19.3. The summed E-state index contributed by atoms with van der Waals surface area (Å²) in [6.07, 6.45) is 1.87. The summed E-state index contributed by atoms with van der Waals surface area (Å²) in [6, 6.07) is 17.6. The highest BCUT2D eigenvalue weighted by molar-refractivity contribution is 5.92. The number of nitrogens with one attached hydrogen (secondary N) is 1. The number of aryl methyl sites for hydroxylation is 1. The maximum Gasteiger partial charge on any atom is 0.241 e. The van der Waals surface area contributed by atoms with Gasteiger partial charge in [-0.25, -0.2) is 0 Å². The lowest BCUT2D eigenvalue weighted by Crippen LogP contribution is -2.40. The van der Waals surface area contributed by atoms with E-state index in [1.54, 1.807) is 0 Å². The number of amides is 1. The Morgan fingerprint density at radius 2 is 1.96 bits per heavy atom. The van der Waals surface area contributed by atoms with E-state index < -0.39 is 0 Å². The number of nitrogens with zero attached hydrogens (tertiary/aromatic N) is 3. The fourth-order valence-electron chi connectivity index (χ4n) is 3.51. The average Bonchev–Trinajstić information content (AvgIpc) is 3.18. The first-order valence-electron chi connectivity index (χ1n) is 9.65. The minimum absolute atomic E-state index is 0.0338. The van der Waals surface area contributed by atoms with Gasteiger partial charge in [0.2, 0.25) is 17.6 Å². The molecule has 0 radical (unpaired) electrons. The number of carbonyl (C=O) groups is 1. The highest BCUT2D eigenvalue weighted by Gasteiger charge is 2.27. The maximum absolute atomic E-state index is 12.6. The largest absolute Gasteiger partial charge is 0.338 e. The normalized spacial score (nSPS) is 17.4. The van der Waals surface area contributed by atoms with E-state index in [1.807, 2.05) is 61.5 Å². The first kappa shape index (κ1) is 18.4. The van der Waals surface area contributed by atoms with Gasteiger partial charge in [-0.3, -0.25) is 9.69 Å². The fraction of sp³-hybridized carbons (Fsp3) is 0.318. The van der Waals surface area contributed by atoms with Gasteiger partial charge in [-0.2, -0.15) is 4.98 Å². The summed E-state index contributed by atoms with van der Waals surface area (Å²) in [6.45, 7) is 4.23. The molecule has 28 heavy (non-hydrogen) atoms. The van der Waals surface area contributed by atoms with Crippen LogP contribution in [-0.4, -0.2) is 34.0 Å². The molecule has 1 saturated heterocycles. The zero-order valence-electron chi connectivity index (χ0n) is 16.0. The van der Waals surface area contributed by atoms with Gasteiger partial charge in [-0.15, -0.1) is 0 Å². The van der Waals surface area contributed by atoms with Gasteiger partial charge in [-0.05, 0) is 38.4 Å². The topological polar surface area (TPSA) is 71.3 Å². The molecule has 1 fully saturated rings. The predicted octanol–water partition coefficient (Wildman–Crippen LogP) is 3.90. The van der Waals surface area contributed by atoms with E-state index in [0.29, 0.717) is 24.8 Å². The van der Waals surface area contributed by atoms with E-state index in [2.05, 4.69) is 20.4 Å². The van der Waals surface area contributed by atoms with Crippen molar-refractivity contribution in [2.24, 2.45) is 5.92 Å². The van der Waals surface area contributed by atoms with Crippen molar-refractivity contribution >= 4 is 11.6 Å². The summed E-state index contributed by atoms with van der Waals surface area (Å²) in [5.74, 6) is 1.22. The van der Waals surface area contributed by atoms with Crippen LogP contribution in [0.2, 0.25) is 0 Å². The van der Waals surface area contributed by atoms with Crippen LogP contribution in [0.4, 0.5) is 5.69 Å². The summed E-state index contributed by atoms with van der Waals surface area (Å²) < 4.78 is 5.44. The molecule has 1 aliphatic rings. The Hall–Kier alpha value is -2.99. The van der Waals surface area contributed by atoms with Gasteiger partial charge < -0.3 is 9.84 Å². The molecule has 144 valence electrons. The van der Waals surface area contributed by atoms with E-state index >= 15 is 0 Å². The number of piperidine rings is 1. The number of hydrogen-bond acceptors (Lipinski definition) is 5. The molecule has 1 aromatic heterocycles. The smallest absolute Gasteiger partial charge is 0.241 e. The van der Waals surface area contributed by atoms with Crippen molar-refractivity contribution in [1.29, 1.82) is 0 Å². The average molecular weight is 376 g/mol. The minimum Gasteiger partial charge on any atom is -0.338 e. The van der Waals surface area contributed by atoms with E-state index in [4.69, 9.17) is 4.52 Å². The molecule has 1 N–H and O–H groups in total. The third kappa shape index (κ3) is 4.46. The fourth-order valence-corrected chi connectivity index (χ4v) is 3.51. The molecule has 6 nitrogen and oxygen atoms in total. The van der Waals surface area contributed by atoms with Gasteiger partial charge in [0.15, 0.2) is 0 Å². The molecule has 0 bridgehead atoms. The van der Waals surface area contributed by atoms with E-state index in [-0.39, 0.29) is 11.8 Å². The molecule has 3 aromatic rings. The molecule has 1 amide bonds. The number of para-hydroxylation sites is 1. The van der Waals surface area contributed by atoms with Gasteiger partial charge >= 0.3 is 0 Å². The Morgan fingerprint density at radius 3 is 2.75 bits per heavy atom. The molecule has 0 spiro atoms. The van der Waals surface area contributed by atoms with Gasteiger partial charge in [-0.1, -0.05) is 53.2 Å². The Morgan fingerprint density at radius 1 is 1.18 bits per heavy atom. The summed E-state index contributed by atoms with van der Waals surface area (Å²) >= 11 is 0. The zero-order valence-corrected chi connectivity index (χ0v) is 16.0. The second kappa shape index (κ2) is 8.35. The molecular formula is C22H24N4O2. The number of rotatable bonds is 5. The second-order valence-electron chi connectivity index (χ2n) is 7.31. The second-order valence-corrected chi connectivity index (χ2v) is 7.31. The van der Waals surface area contributed by atoms with Crippen molar-refractivity contribution in [2.75, 3.05) is 18.4 Å². The van der Waals surface area contributed by atoms with Crippen LogP contribution in [-0.2, 0) is 11.3 Å². The molecule has 0 aliphatic carbocycles. The summed E-state index contributed by atoms with van der Waals surface area (Å²) in [5, 5.41) is 7.11. The van der Waals surface area contributed by atoms with Crippen LogP contribution in [0.15, 0.2) is 59.1 Å². The first-order chi connectivity index (χ1) is 13.7. The van der Waals surface area contributed by atoms with Crippen LogP contribution in [0.1, 0.15) is 24.3 Å². The molecule has 2 aromatic carbocycles. The van der Waals surface area contributed by atoms with E-state index in [1.165, 1.54) is 5.56 Å². The van der Waals surface area contributed by atoms with Crippen LogP contribution in [0.25, 0.3) is 11.4 Å². The number of anilines is 1. The standard InChI is InChI=1S/C22H24N4O2/c1-16-9-11-17(12-10-16)21-24-20(28-25-21)15-26-13-5-6-18(14-26)22(27)23-19-7-3-2-4-8-19/h2-4,7-12,18H,5-6,13-15H2,1H3,(H,23,27)/t18-/m0/s1. The molecule has 4 rings (SSSR count). The SMILES string of the molecule is Cc1ccc(-c2noc(CN3CCC[C@H](C(=O)Nc4ccccc4)C3)n2)cc1. The molecule has 0 unspecified atom stereocenters. The van der Waals surface area contributed by atoms with E-state index in [9.17, 15) is 4.79 Å². The van der Waals surface area contributed by atoms with Gasteiger partial charge in [0, 0.05) is 17.8 Å². The number of aromatic nitrogens is 2. The van der Waals surface area contributed by atoms with Crippen molar-refractivity contribution in [2.45, 2.75) is 26.3 Å². The van der Waals surface area contributed by atoms with Gasteiger partial charge in [0.1, 0.15) is 0 Å². The molecule has 1 aliphatic heterocycles. The van der Waals surface area contributed by atoms with Gasteiger partial charge in [0.05, 0.1) is 12.5 Å². The maximum atomic E-state index is 12.6. The van der Waals surface area contributed by atoms with Crippen molar-refractivity contribution in [3.05, 3.63) is 66.1 Å². The Bertz CT molecular complexity index is 921. The summed E-state index contributed by atoms with van der Waals surface area (Å²) in [4.78, 5) is 19.3. The van der Waals surface area contributed by atoms with Gasteiger partial charge in [0.25, 0.3) is 0 Å². The lowest BCUT2D eigenvalue weighted by molar-refractivity contribution is -0.121. The summed E-state index contributed by atoms with van der Waals surface area (Å²) in [7, 11) is 0. The van der Waals surface area contributed by atoms with Crippen molar-refractivity contribution in [3.8, 4) is 11.4 Å². The van der Waals surface area contributed by atoms with E-state index in [0.717, 1.165) is 30.6 Å². The van der Waals surface area contributed by atoms with Crippen LogP contribution in [0.3, 0.4) is 0 Å². The van der Waals surface area contributed by atoms with Crippen LogP contribution in [0, 0.1) is 12.8 Å². The number of hydrogen-bond donors (Lipinski definition) is 1. The molecule has 2 heterocycles. The predicted molar refractivity (Wildman–Crippen MR) is 108 cm³/mol. The van der Waals surface area contributed by atoms with Crippen molar-refractivity contribution in [3.63, 3.8) is 0 Å². The summed E-state index contributed by atoms with van der Waals surface area (Å²) in [5.41, 5.74) is 2.98. The molecule has 1 atom stereocenters. The lowest BCUT2D eigenvalue weighted by atomic mass is 9.97. The van der Waals surface area contributed by atoms with Crippen LogP contribution >= 0.6 is 0 Å². The first-order valence-corrected chi connectivity index (χ1v) is 9.65. The molecule has 6 heteroatoms. The Kier molecular flexibility index (Phi) is 5.48. The highest BCUT2D eigenvalue weighted by atomic mass is 16.5. The van der Waals surface area contributed by atoms with Crippen molar-refractivity contribution in [1.82, 2.24) is 15.0 Å². The third-order valence-electron chi connectivity index (χ3n) is 5.05.